The summed E-state index contributed by atoms with van der Waals surface area (Å²) in [5.74, 6) is 0.315. The van der Waals surface area contributed by atoms with Gasteiger partial charge >= 0.3 is 0 Å². The summed E-state index contributed by atoms with van der Waals surface area (Å²) >= 11 is 0. The van der Waals surface area contributed by atoms with Gasteiger partial charge in [0.2, 0.25) is 11.8 Å². The lowest BCUT2D eigenvalue weighted by molar-refractivity contribution is -0.150. The summed E-state index contributed by atoms with van der Waals surface area (Å²) in [6.07, 6.45) is 1.76. The maximum absolute atomic E-state index is 12.4. The van der Waals surface area contributed by atoms with Crippen molar-refractivity contribution in [2.45, 2.75) is 45.3 Å². The summed E-state index contributed by atoms with van der Waals surface area (Å²) in [5.41, 5.74) is -0.738. The molecule has 0 aromatic carbocycles. The highest BCUT2D eigenvalue weighted by molar-refractivity contribution is 5.97. The van der Waals surface area contributed by atoms with Gasteiger partial charge in [0.05, 0.1) is 12.6 Å². The highest BCUT2D eigenvalue weighted by Crippen LogP contribution is 2.24. The average Bonchev–Trinajstić information content (AvgIpc) is 2.71. The monoisotopic (exact) mass is 254 g/mol. The molecule has 1 N–H and O–H groups in total. The third kappa shape index (κ3) is 2.36. The number of piperazine rings is 1. The third-order valence-corrected chi connectivity index (χ3v) is 4.20. The number of ether oxygens (including phenoxy) is 1. The average molecular weight is 254 g/mol. The van der Waals surface area contributed by atoms with Gasteiger partial charge in [0.1, 0.15) is 5.54 Å². The van der Waals surface area contributed by atoms with Crippen LogP contribution in [0.3, 0.4) is 0 Å². The highest BCUT2D eigenvalue weighted by atomic mass is 16.5. The molecular formula is C13H22N2O3. The molecule has 2 saturated heterocycles. The van der Waals surface area contributed by atoms with Crippen LogP contribution >= 0.6 is 0 Å². The molecule has 0 aromatic heterocycles. The van der Waals surface area contributed by atoms with Gasteiger partial charge in [-0.2, -0.15) is 0 Å². The summed E-state index contributed by atoms with van der Waals surface area (Å²) in [5, 5.41) is 2.80. The van der Waals surface area contributed by atoms with Crippen molar-refractivity contribution >= 4 is 11.8 Å². The first-order valence-corrected chi connectivity index (χ1v) is 6.68. The van der Waals surface area contributed by atoms with Gasteiger partial charge in [-0.3, -0.25) is 9.59 Å². The van der Waals surface area contributed by atoms with Crippen LogP contribution in [0, 0.1) is 5.92 Å². The van der Waals surface area contributed by atoms with Crippen LogP contribution in [0.1, 0.15) is 33.6 Å². The number of rotatable bonds is 3. The second-order valence-corrected chi connectivity index (χ2v) is 5.54. The molecule has 0 radical (unpaired) electrons. The van der Waals surface area contributed by atoms with Crippen LogP contribution in [0.5, 0.6) is 0 Å². The van der Waals surface area contributed by atoms with Gasteiger partial charge in [0.15, 0.2) is 0 Å². The van der Waals surface area contributed by atoms with Crippen LogP contribution in [-0.2, 0) is 14.3 Å². The van der Waals surface area contributed by atoms with Gasteiger partial charge in [0, 0.05) is 19.1 Å². The second kappa shape index (κ2) is 4.88. The Balaban J connectivity index is 2.07. The molecule has 0 aromatic rings. The van der Waals surface area contributed by atoms with Gasteiger partial charge in [-0.05, 0) is 26.7 Å². The van der Waals surface area contributed by atoms with Gasteiger partial charge in [-0.25, -0.2) is 0 Å². The minimum absolute atomic E-state index is 0.0312. The molecule has 2 rings (SSSR count). The lowest BCUT2D eigenvalue weighted by Crippen LogP contribution is -2.65. The third-order valence-electron chi connectivity index (χ3n) is 4.20. The Kier molecular flexibility index (Phi) is 3.61. The molecule has 2 aliphatic heterocycles. The number of nitrogens with zero attached hydrogens (tertiary/aromatic N) is 1. The van der Waals surface area contributed by atoms with E-state index in [2.05, 4.69) is 5.32 Å². The van der Waals surface area contributed by atoms with E-state index in [0.717, 1.165) is 13.0 Å². The first-order valence-electron chi connectivity index (χ1n) is 6.68. The minimum atomic E-state index is -0.738. The van der Waals surface area contributed by atoms with E-state index in [1.54, 1.807) is 11.8 Å². The Hall–Kier alpha value is -1.10. The summed E-state index contributed by atoms with van der Waals surface area (Å²) < 4.78 is 5.51. The Labute approximate surface area is 108 Å². The van der Waals surface area contributed by atoms with E-state index in [0.29, 0.717) is 18.9 Å². The van der Waals surface area contributed by atoms with Gasteiger partial charge < -0.3 is 15.0 Å². The van der Waals surface area contributed by atoms with Crippen molar-refractivity contribution in [2.75, 3.05) is 19.7 Å². The summed E-state index contributed by atoms with van der Waals surface area (Å²) in [6.45, 7) is 7.31. The molecule has 0 spiro atoms. The lowest BCUT2D eigenvalue weighted by Gasteiger charge is -2.40. The van der Waals surface area contributed by atoms with Crippen molar-refractivity contribution in [2.24, 2.45) is 5.92 Å². The van der Waals surface area contributed by atoms with E-state index in [1.807, 2.05) is 13.8 Å². The Morgan fingerprint density at radius 1 is 1.50 bits per heavy atom. The smallest absolute Gasteiger partial charge is 0.248 e. The molecule has 0 aliphatic carbocycles. The normalized spacial score (nSPS) is 36.9. The molecule has 18 heavy (non-hydrogen) atoms. The standard InChI is InChI=1S/C13H22N2O3/c1-4-13(3)12(17)15(8-11(16)14-13)7-10-5-6-18-9(10)2/h9-10H,4-8H2,1-3H3,(H,14,16). The molecule has 2 amide bonds. The maximum Gasteiger partial charge on any atom is 0.248 e. The Morgan fingerprint density at radius 3 is 2.78 bits per heavy atom. The predicted octanol–water partition coefficient (Wildman–Crippen LogP) is 0.539. The van der Waals surface area contributed by atoms with E-state index < -0.39 is 5.54 Å². The maximum atomic E-state index is 12.4. The van der Waals surface area contributed by atoms with Crippen LogP contribution in [0.15, 0.2) is 0 Å². The van der Waals surface area contributed by atoms with Crippen molar-refractivity contribution in [3.05, 3.63) is 0 Å². The molecule has 102 valence electrons. The zero-order chi connectivity index (χ0) is 13.3. The number of carbonyl (C=O) groups excluding carboxylic acids is 2. The fourth-order valence-electron chi connectivity index (χ4n) is 2.68. The number of nitrogens with one attached hydrogen (secondary N) is 1. The van der Waals surface area contributed by atoms with E-state index in [1.165, 1.54) is 0 Å². The first-order chi connectivity index (χ1) is 8.46. The zero-order valence-corrected chi connectivity index (χ0v) is 11.4. The van der Waals surface area contributed by atoms with E-state index in [-0.39, 0.29) is 24.5 Å². The van der Waals surface area contributed by atoms with Gasteiger partial charge in [0.25, 0.3) is 0 Å². The molecule has 5 nitrogen and oxygen atoms in total. The molecule has 2 aliphatic rings. The van der Waals surface area contributed by atoms with Crippen molar-refractivity contribution in [1.29, 1.82) is 0 Å². The van der Waals surface area contributed by atoms with E-state index >= 15 is 0 Å². The molecular weight excluding hydrogens is 232 g/mol. The predicted molar refractivity (Wildman–Crippen MR) is 66.9 cm³/mol. The van der Waals surface area contributed by atoms with E-state index in [9.17, 15) is 9.59 Å². The fourth-order valence-corrected chi connectivity index (χ4v) is 2.68. The number of hydrogen-bond donors (Lipinski definition) is 1. The van der Waals surface area contributed by atoms with Gasteiger partial charge in [-0.15, -0.1) is 0 Å². The zero-order valence-electron chi connectivity index (χ0n) is 11.4. The van der Waals surface area contributed by atoms with Crippen LogP contribution in [0.25, 0.3) is 0 Å². The fraction of sp³-hybridized carbons (Fsp3) is 0.846. The molecule has 0 saturated carbocycles. The topological polar surface area (TPSA) is 58.6 Å². The van der Waals surface area contributed by atoms with Crippen molar-refractivity contribution in [1.82, 2.24) is 10.2 Å². The lowest BCUT2D eigenvalue weighted by atomic mass is 9.93. The van der Waals surface area contributed by atoms with Crippen molar-refractivity contribution < 1.29 is 14.3 Å². The molecule has 3 unspecified atom stereocenters. The van der Waals surface area contributed by atoms with E-state index in [4.69, 9.17) is 4.74 Å². The highest BCUT2D eigenvalue weighted by Gasteiger charge is 2.42. The number of hydrogen-bond acceptors (Lipinski definition) is 3. The summed E-state index contributed by atoms with van der Waals surface area (Å²) in [7, 11) is 0. The SMILES string of the molecule is CCC1(C)NC(=O)CN(CC2CCOC2C)C1=O. The molecule has 3 atom stereocenters. The van der Waals surface area contributed by atoms with Crippen LogP contribution in [-0.4, -0.2) is 48.1 Å². The largest absolute Gasteiger partial charge is 0.378 e. The molecule has 0 bridgehead atoms. The summed E-state index contributed by atoms with van der Waals surface area (Å²) in [6, 6.07) is 0. The molecule has 2 heterocycles. The Morgan fingerprint density at radius 2 is 2.22 bits per heavy atom. The van der Waals surface area contributed by atoms with Crippen molar-refractivity contribution in [3.8, 4) is 0 Å². The molecule has 2 fully saturated rings. The van der Waals surface area contributed by atoms with Crippen LogP contribution in [0.4, 0.5) is 0 Å². The Bertz CT molecular complexity index is 358. The molecule has 5 heteroatoms. The summed E-state index contributed by atoms with van der Waals surface area (Å²) in [4.78, 5) is 25.8. The van der Waals surface area contributed by atoms with Crippen LogP contribution < -0.4 is 5.32 Å². The minimum Gasteiger partial charge on any atom is -0.378 e. The van der Waals surface area contributed by atoms with Gasteiger partial charge in [-0.1, -0.05) is 6.92 Å². The van der Waals surface area contributed by atoms with Crippen LogP contribution in [0.2, 0.25) is 0 Å². The quantitative estimate of drug-likeness (QED) is 0.799. The number of carbonyl (C=O) groups is 2. The first kappa shape index (κ1) is 13.3. The van der Waals surface area contributed by atoms with Crippen molar-refractivity contribution in [3.63, 3.8) is 0 Å². The second-order valence-electron chi connectivity index (χ2n) is 5.54. The number of amides is 2.